The summed E-state index contributed by atoms with van der Waals surface area (Å²) in [5.41, 5.74) is 11.6. The van der Waals surface area contributed by atoms with E-state index >= 15 is 0 Å². The Morgan fingerprint density at radius 1 is 0.950 bits per heavy atom. The van der Waals surface area contributed by atoms with Crippen LogP contribution in [0, 0.1) is 13.8 Å². The quantitative estimate of drug-likeness (QED) is 0.900. The first kappa shape index (κ1) is 14.8. The van der Waals surface area contributed by atoms with E-state index in [1.54, 1.807) is 0 Å². The molecular weight excluding hydrogens is 244 g/mol. The average Bonchev–Trinajstić information content (AvgIpc) is 2.41. The molecule has 0 spiro atoms. The Kier molecular flexibility index (Phi) is 4.94. The minimum absolute atomic E-state index is 0.0604. The van der Waals surface area contributed by atoms with Crippen molar-refractivity contribution in [3.8, 4) is 0 Å². The number of nitrogens with zero attached hydrogens (tertiary/aromatic N) is 1. The zero-order valence-corrected chi connectivity index (χ0v) is 12.6. The van der Waals surface area contributed by atoms with Crippen LogP contribution in [-0.4, -0.2) is 18.5 Å². The van der Waals surface area contributed by atoms with Crippen molar-refractivity contribution in [1.29, 1.82) is 0 Å². The monoisotopic (exact) mass is 268 g/mol. The van der Waals surface area contributed by atoms with E-state index in [1.807, 2.05) is 0 Å². The summed E-state index contributed by atoms with van der Waals surface area (Å²) >= 11 is 0. The Morgan fingerprint density at radius 2 is 1.55 bits per heavy atom. The van der Waals surface area contributed by atoms with E-state index in [0.717, 1.165) is 13.1 Å². The molecule has 0 aromatic heterocycles. The second kappa shape index (κ2) is 6.69. The SMILES string of the molecule is Cc1ccccc1CN(C)CC(N)c1ccccc1C. The van der Waals surface area contributed by atoms with E-state index in [4.69, 9.17) is 5.73 Å². The van der Waals surface area contributed by atoms with Crippen molar-refractivity contribution in [2.24, 2.45) is 5.73 Å². The molecule has 0 radical (unpaired) electrons. The summed E-state index contributed by atoms with van der Waals surface area (Å²) in [6.07, 6.45) is 0. The van der Waals surface area contributed by atoms with Gasteiger partial charge in [0.25, 0.3) is 0 Å². The number of nitrogens with two attached hydrogens (primary N) is 1. The van der Waals surface area contributed by atoms with Crippen LogP contribution in [0.4, 0.5) is 0 Å². The Balaban J connectivity index is 2.00. The molecule has 2 heteroatoms. The van der Waals surface area contributed by atoms with Gasteiger partial charge in [0.15, 0.2) is 0 Å². The fourth-order valence-corrected chi connectivity index (χ4v) is 2.58. The van der Waals surface area contributed by atoms with Crippen LogP contribution in [0.5, 0.6) is 0 Å². The van der Waals surface area contributed by atoms with Gasteiger partial charge in [-0.25, -0.2) is 0 Å². The van der Waals surface area contributed by atoms with Crippen LogP contribution in [0.15, 0.2) is 48.5 Å². The lowest BCUT2D eigenvalue weighted by atomic mass is 10.0. The minimum atomic E-state index is 0.0604. The molecule has 1 unspecified atom stereocenters. The predicted octanol–water partition coefficient (Wildman–Crippen LogP) is 3.44. The molecule has 2 aromatic carbocycles. The largest absolute Gasteiger partial charge is 0.323 e. The van der Waals surface area contributed by atoms with Gasteiger partial charge in [-0.05, 0) is 43.1 Å². The highest BCUT2D eigenvalue weighted by Crippen LogP contribution is 2.17. The molecule has 0 aliphatic rings. The molecule has 1 atom stereocenters. The fourth-order valence-electron chi connectivity index (χ4n) is 2.58. The number of hydrogen-bond acceptors (Lipinski definition) is 2. The van der Waals surface area contributed by atoms with Gasteiger partial charge < -0.3 is 10.6 Å². The molecule has 0 heterocycles. The van der Waals surface area contributed by atoms with Gasteiger partial charge in [0.1, 0.15) is 0 Å². The molecule has 0 bridgehead atoms. The molecule has 0 amide bonds. The molecule has 0 saturated carbocycles. The van der Waals surface area contributed by atoms with Crippen LogP contribution < -0.4 is 5.73 Å². The second-order valence-corrected chi connectivity index (χ2v) is 5.59. The third-order valence-corrected chi connectivity index (χ3v) is 3.80. The van der Waals surface area contributed by atoms with Crippen molar-refractivity contribution in [1.82, 2.24) is 4.90 Å². The van der Waals surface area contributed by atoms with E-state index in [9.17, 15) is 0 Å². The lowest BCUT2D eigenvalue weighted by Crippen LogP contribution is -2.29. The van der Waals surface area contributed by atoms with Crippen molar-refractivity contribution >= 4 is 0 Å². The molecule has 20 heavy (non-hydrogen) atoms. The highest BCUT2D eigenvalue weighted by Gasteiger charge is 2.12. The topological polar surface area (TPSA) is 29.3 Å². The molecule has 0 aliphatic heterocycles. The summed E-state index contributed by atoms with van der Waals surface area (Å²) < 4.78 is 0. The number of benzene rings is 2. The van der Waals surface area contributed by atoms with E-state index in [0.29, 0.717) is 0 Å². The van der Waals surface area contributed by atoms with Gasteiger partial charge in [-0.15, -0.1) is 0 Å². The molecular formula is C18H24N2. The van der Waals surface area contributed by atoms with Crippen molar-refractivity contribution in [3.63, 3.8) is 0 Å². The van der Waals surface area contributed by atoms with Crippen LogP contribution in [0.1, 0.15) is 28.3 Å². The van der Waals surface area contributed by atoms with Gasteiger partial charge in [0.2, 0.25) is 0 Å². The minimum Gasteiger partial charge on any atom is -0.323 e. The first-order valence-corrected chi connectivity index (χ1v) is 7.12. The summed E-state index contributed by atoms with van der Waals surface area (Å²) in [7, 11) is 2.13. The number of likely N-dealkylation sites (N-methyl/N-ethyl adjacent to an activating group) is 1. The van der Waals surface area contributed by atoms with Crippen molar-refractivity contribution in [3.05, 3.63) is 70.8 Å². The molecule has 2 rings (SSSR count). The maximum absolute atomic E-state index is 6.35. The Labute approximate surface area is 122 Å². The van der Waals surface area contributed by atoms with Gasteiger partial charge in [0.05, 0.1) is 0 Å². The van der Waals surface area contributed by atoms with Gasteiger partial charge in [-0.1, -0.05) is 48.5 Å². The average molecular weight is 268 g/mol. The molecule has 2 N–H and O–H groups in total. The molecule has 0 aliphatic carbocycles. The summed E-state index contributed by atoms with van der Waals surface area (Å²) in [4.78, 5) is 2.29. The molecule has 0 fully saturated rings. The third-order valence-electron chi connectivity index (χ3n) is 3.80. The highest BCUT2D eigenvalue weighted by atomic mass is 15.1. The third kappa shape index (κ3) is 3.69. The van der Waals surface area contributed by atoms with Gasteiger partial charge in [-0.3, -0.25) is 0 Å². The number of hydrogen-bond donors (Lipinski definition) is 1. The zero-order valence-electron chi connectivity index (χ0n) is 12.6. The summed E-state index contributed by atoms with van der Waals surface area (Å²) in [5, 5.41) is 0. The van der Waals surface area contributed by atoms with Crippen molar-refractivity contribution in [2.45, 2.75) is 26.4 Å². The van der Waals surface area contributed by atoms with Gasteiger partial charge in [0, 0.05) is 19.1 Å². The number of aryl methyl sites for hydroxylation is 2. The Morgan fingerprint density at radius 3 is 2.20 bits per heavy atom. The smallest absolute Gasteiger partial charge is 0.0426 e. The normalized spacial score (nSPS) is 12.7. The fraction of sp³-hybridized carbons (Fsp3) is 0.333. The molecule has 2 nitrogen and oxygen atoms in total. The summed E-state index contributed by atoms with van der Waals surface area (Å²) in [5.74, 6) is 0. The van der Waals surface area contributed by atoms with E-state index < -0.39 is 0 Å². The van der Waals surface area contributed by atoms with Gasteiger partial charge in [-0.2, -0.15) is 0 Å². The first-order chi connectivity index (χ1) is 9.58. The maximum atomic E-state index is 6.35. The van der Waals surface area contributed by atoms with Crippen LogP contribution >= 0.6 is 0 Å². The molecule has 106 valence electrons. The van der Waals surface area contributed by atoms with Gasteiger partial charge >= 0.3 is 0 Å². The summed E-state index contributed by atoms with van der Waals surface area (Å²) in [6.45, 7) is 6.08. The van der Waals surface area contributed by atoms with Crippen molar-refractivity contribution in [2.75, 3.05) is 13.6 Å². The van der Waals surface area contributed by atoms with Crippen LogP contribution in [0.2, 0.25) is 0 Å². The van der Waals surface area contributed by atoms with E-state index in [2.05, 4.69) is 74.3 Å². The van der Waals surface area contributed by atoms with Crippen LogP contribution in [-0.2, 0) is 6.54 Å². The lowest BCUT2D eigenvalue weighted by molar-refractivity contribution is 0.304. The Hall–Kier alpha value is -1.64. The standard InChI is InChI=1S/C18H24N2/c1-14-8-4-6-10-16(14)12-20(3)13-18(19)17-11-7-5-9-15(17)2/h4-11,18H,12-13,19H2,1-3H3. The number of rotatable bonds is 5. The highest BCUT2D eigenvalue weighted by molar-refractivity contribution is 5.29. The van der Waals surface area contributed by atoms with E-state index in [-0.39, 0.29) is 6.04 Å². The zero-order chi connectivity index (χ0) is 14.5. The van der Waals surface area contributed by atoms with Crippen LogP contribution in [0.25, 0.3) is 0 Å². The predicted molar refractivity (Wildman–Crippen MR) is 85.6 cm³/mol. The Bertz CT molecular complexity index is 563. The molecule has 2 aromatic rings. The maximum Gasteiger partial charge on any atom is 0.0426 e. The molecule has 0 saturated heterocycles. The van der Waals surface area contributed by atoms with Crippen LogP contribution in [0.3, 0.4) is 0 Å². The lowest BCUT2D eigenvalue weighted by Gasteiger charge is -2.23. The first-order valence-electron chi connectivity index (χ1n) is 7.12. The second-order valence-electron chi connectivity index (χ2n) is 5.59. The van der Waals surface area contributed by atoms with E-state index in [1.165, 1.54) is 22.3 Å². The summed E-state index contributed by atoms with van der Waals surface area (Å²) in [6, 6.07) is 16.9. The van der Waals surface area contributed by atoms with Crippen molar-refractivity contribution < 1.29 is 0 Å².